The monoisotopic (exact) mass is 411 g/mol. The van der Waals surface area contributed by atoms with E-state index in [2.05, 4.69) is 40.4 Å². The van der Waals surface area contributed by atoms with Crippen molar-refractivity contribution in [3.8, 4) is 11.4 Å². The highest BCUT2D eigenvalue weighted by Crippen LogP contribution is 2.32. The Hall–Kier alpha value is -3.80. The molecule has 1 amide bonds. The summed E-state index contributed by atoms with van der Waals surface area (Å²) in [7, 11) is 6.07. The van der Waals surface area contributed by atoms with Gasteiger partial charge in [-0.15, -0.1) is 0 Å². The molecule has 0 atom stereocenters. The van der Waals surface area contributed by atoms with Gasteiger partial charge in [-0.1, -0.05) is 12.1 Å². The van der Waals surface area contributed by atoms with Crippen molar-refractivity contribution in [3.63, 3.8) is 0 Å². The first-order valence-electron chi connectivity index (χ1n) is 10.4. The molecule has 0 spiro atoms. The zero-order valence-corrected chi connectivity index (χ0v) is 17.9. The van der Waals surface area contributed by atoms with Crippen LogP contribution < -0.4 is 15.1 Å². The summed E-state index contributed by atoms with van der Waals surface area (Å²) >= 11 is 0. The van der Waals surface area contributed by atoms with Crippen molar-refractivity contribution < 1.29 is 4.79 Å². The first-order chi connectivity index (χ1) is 15.0. The van der Waals surface area contributed by atoms with Crippen LogP contribution in [0, 0.1) is 0 Å². The molecular weight excluding hydrogens is 386 g/mol. The summed E-state index contributed by atoms with van der Waals surface area (Å²) in [4.78, 5) is 25.1. The lowest BCUT2D eigenvalue weighted by atomic mass is 10.1. The highest BCUT2D eigenvalue weighted by molar-refractivity contribution is 6.05. The van der Waals surface area contributed by atoms with Gasteiger partial charge in [0.1, 0.15) is 5.82 Å². The van der Waals surface area contributed by atoms with Gasteiger partial charge in [-0.05, 0) is 60.5 Å². The van der Waals surface area contributed by atoms with Crippen molar-refractivity contribution in [2.45, 2.75) is 6.42 Å². The smallest absolute Gasteiger partial charge is 0.255 e. The molecule has 4 aromatic rings. The number of hydrogen-bond acceptors (Lipinski definition) is 4. The fourth-order valence-electron chi connectivity index (χ4n) is 4.02. The molecule has 6 heteroatoms. The van der Waals surface area contributed by atoms with Crippen molar-refractivity contribution in [2.24, 2.45) is 0 Å². The number of aromatic nitrogens is 2. The molecule has 0 aliphatic carbocycles. The van der Waals surface area contributed by atoms with E-state index in [4.69, 9.17) is 4.98 Å². The first kappa shape index (κ1) is 19.2. The van der Waals surface area contributed by atoms with Crippen LogP contribution in [0.3, 0.4) is 0 Å². The fourth-order valence-corrected chi connectivity index (χ4v) is 4.02. The fraction of sp³-hybridized carbons (Fsp3) is 0.200. The lowest BCUT2D eigenvalue weighted by Crippen LogP contribution is -2.13. The molecule has 3 aromatic carbocycles. The number of likely N-dealkylation sites (N-methyl/N-ethyl adjacent to an activating group) is 1. The molecule has 6 nitrogen and oxygen atoms in total. The number of H-pyrrole nitrogens is 1. The minimum atomic E-state index is -0.137. The predicted octanol–water partition coefficient (Wildman–Crippen LogP) is 4.54. The number of nitrogens with one attached hydrogen (secondary N) is 2. The quantitative estimate of drug-likeness (QED) is 0.517. The Labute approximate surface area is 181 Å². The molecular formula is C25H25N5O. The first-order valence-corrected chi connectivity index (χ1v) is 10.4. The number of imidazole rings is 1. The molecule has 2 N–H and O–H groups in total. The highest BCUT2D eigenvalue weighted by atomic mass is 16.1. The number of aromatic amines is 1. The number of nitrogens with zero attached hydrogens (tertiary/aromatic N) is 3. The molecule has 1 aliphatic rings. The minimum Gasteiger partial charge on any atom is -0.378 e. The topological polar surface area (TPSA) is 64.3 Å². The Morgan fingerprint density at radius 1 is 1.06 bits per heavy atom. The maximum absolute atomic E-state index is 12.6. The number of carbonyl (C=O) groups excluding carboxylic acids is 1. The molecule has 0 bridgehead atoms. The molecule has 0 saturated carbocycles. The van der Waals surface area contributed by atoms with Crippen LogP contribution in [0.25, 0.3) is 22.4 Å². The van der Waals surface area contributed by atoms with E-state index in [1.807, 2.05) is 61.5 Å². The summed E-state index contributed by atoms with van der Waals surface area (Å²) in [6.45, 7) is 1.06. The summed E-state index contributed by atoms with van der Waals surface area (Å²) in [5, 5.41) is 2.97. The Morgan fingerprint density at radius 3 is 2.65 bits per heavy atom. The van der Waals surface area contributed by atoms with Gasteiger partial charge < -0.3 is 20.1 Å². The van der Waals surface area contributed by atoms with E-state index in [0.29, 0.717) is 5.56 Å². The molecule has 156 valence electrons. The van der Waals surface area contributed by atoms with Crippen LogP contribution in [0.4, 0.5) is 17.1 Å². The largest absolute Gasteiger partial charge is 0.378 e. The van der Waals surface area contributed by atoms with E-state index in [0.717, 1.165) is 46.8 Å². The lowest BCUT2D eigenvalue weighted by Gasteiger charge is -2.12. The summed E-state index contributed by atoms with van der Waals surface area (Å²) in [6, 6.07) is 19.8. The van der Waals surface area contributed by atoms with Crippen molar-refractivity contribution in [3.05, 3.63) is 71.8 Å². The highest BCUT2D eigenvalue weighted by Gasteiger charge is 2.17. The maximum atomic E-state index is 12.6. The Balaban J connectivity index is 1.38. The normalized spacial score (nSPS) is 12.8. The molecule has 0 unspecified atom stereocenters. The third kappa shape index (κ3) is 3.61. The molecule has 0 fully saturated rings. The van der Waals surface area contributed by atoms with E-state index in [-0.39, 0.29) is 5.91 Å². The SMILES string of the molecule is CN(C)c1ccc(C(=O)Nc2ccc3[nH]c(-c4ccc5c(c4)N(C)CC5)nc3c2)cc1. The van der Waals surface area contributed by atoms with E-state index in [1.165, 1.54) is 11.3 Å². The van der Waals surface area contributed by atoms with Gasteiger partial charge in [-0.25, -0.2) is 4.98 Å². The number of amides is 1. The summed E-state index contributed by atoms with van der Waals surface area (Å²) in [5.74, 6) is 0.697. The van der Waals surface area contributed by atoms with E-state index in [1.54, 1.807) is 0 Å². The Kier molecular flexibility index (Phi) is 4.62. The molecule has 2 heterocycles. The number of benzene rings is 3. The van der Waals surface area contributed by atoms with Gasteiger partial charge in [-0.2, -0.15) is 0 Å². The van der Waals surface area contributed by atoms with Crippen molar-refractivity contribution in [1.82, 2.24) is 9.97 Å². The zero-order valence-electron chi connectivity index (χ0n) is 17.9. The minimum absolute atomic E-state index is 0.137. The molecule has 1 aliphatic heterocycles. The summed E-state index contributed by atoms with van der Waals surface area (Å²) in [6.07, 6.45) is 1.09. The van der Waals surface area contributed by atoms with Crippen molar-refractivity contribution in [1.29, 1.82) is 0 Å². The number of carbonyl (C=O) groups is 1. The van der Waals surface area contributed by atoms with Crippen LogP contribution in [0.2, 0.25) is 0 Å². The summed E-state index contributed by atoms with van der Waals surface area (Å²) < 4.78 is 0. The molecule has 0 radical (unpaired) electrons. The van der Waals surface area contributed by atoms with Crippen molar-refractivity contribution >= 4 is 34.0 Å². The van der Waals surface area contributed by atoms with Gasteiger partial charge in [0.25, 0.3) is 5.91 Å². The second-order valence-electron chi connectivity index (χ2n) is 8.23. The summed E-state index contributed by atoms with van der Waals surface area (Å²) in [5.41, 5.74) is 7.88. The standard InChI is InChI=1S/C25H25N5O/c1-29(2)20-9-6-17(7-10-20)25(31)26-19-8-11-21-22(15-19)28-24(27-21)18-5-4-16-12-13-30(3)23(16)14-18/h4-11,14-15H,12-13H2,1-3H3,(H,26,31)(H,27,28). The molecule has 0 saturated heterocycles. The van der Waals surface area contributed by atoms with Crippen LogP contribution in [-0.2, 0) is 6.42 Å². The molecule has 31 heavy (non-hydrogen) atoms. The second-order valence-corrected chi connectivity index (χ2v) is 8.23. The third-order valence-electron chi connectivity index (χ3n) is 5.87. The predicted molar refractivity (Wildman–Crippen MR) is 127 cm³/mol. The van der Waals surface area contributed by atoms with E-state index >= 15 is 0 Å². The second kappa shape index (κ2) is 7.47. The van der Waals surface area contributed by atoms with Crippen LogP contribution in [0.15, 0.2) is 60.7 Å². The average Bonchev–Trinajstić information content (AvgIpc) is 3.36. The Bertz CT molecular complexity index is 1270. The number of hydrogen-bond donors (Lipinski definition) is 2. The number of rotatable bonds is 4. The maximum Gasteiger partial charge on any atom is 0.255 e. The third-order valence-corrected chi connectivity index (χ3v) is 5.87. The van der Waals surface area contributed by atoms with E-state index in [9.17, 15) is 4.79 Å². The van der Waals surface area contributed by atoms with E-state index < -0.39 is 0 Å². The van der Waals surface area contributed by atoms with Crippen molar-refractivity contribution in [2.75, 3.05) is 42.8 Å². The van der Waals surface area contributed by atoms with Crippen LogP contribution in [0.5, 0.6) is 0 Å². The molecule has 5 rings (SSSR count). The number of fused-ring (bicyclic) bond motifs is 2. The van der Waals surface area contributed by atoms with Crippen LogP contribution in [-0.4, -0.2) is 43.6 Å². The zero-order chi connectivity index (χ0) is 21.5. The van der Waals surface area contributed by atoms with Gasteiger partial charge in [-0.3, -0.25) is 4.79 Å². The number of anilines is 3. The van der Waals surface area contributed by atoms with Gasteiger partial charge in [0, 0.05) is 55.9 Å². The lowest BCUT2D eigenvalue weighted by molar-refractivity contribution is 0.102. The Morgan fingerprint density at radius 2 is 1.87 bits per heavy atom. The molecule has 1 aromatic heterocycles. The van der Waals surface area contributed by atoms with Gasteiger partial charge in [0.15, 0.2) is 0 Å². The van der Waals surface area contributed by atoms with Gasteiger partial charge in [0.05, 0.1) is 11.0 Å². The van der Waals surface area contributed by atoms with Gasteiger partial charge >= 0.3 is 0 Å². The van der Waals surface area contributed by atoms with Crippen LogP contribution >= 0.6 is 0 Å². The average molecular weight is 412 g/mol. The van der Waals surface area contributed by atoms with Gasteiger partial charge in [0.2, 0.25) is 0 Å². The van der Waals surface area contributed by atoms with Crippen LogP contribution in [0.1, 0.15) is 15.9 Å².